The van der Waals surface area contributed by atoms with Gasteiger partial charge in [0.25, 0.3) is 0 Å². The van der Waals surface area contributed by atoms with Gasteiger partial charge in [0.15, 0.2) is 6.61 Å². The van der Waals surface area contributed by atoms with Gasteiger partial charge in [0.2, 0.25) is 5.78 Å². The molecule has 2 aromatic rings. The van der Waals surface area contributed by atoms with Crippen molar-refractivity contribution >= 4 is 23.4 Å². The third kappa shape index (κ3) is 3.79. The predicted octanol–water partition coefficient (Wildman–Crippen LogP) is 4.19. The van der Waals surface area contributed by atoms with Crippen LogP contribution in [0.2, 0.25) is 5.02 Å². The lowest BCUT2D eigenvalue weighted by atomic mass is 10.1. The molecule has 1 aromatic heterocycles. The van der Waals surface area contributed by atoms with E-state index in [9.17, 15) is 9.59 Å². The minimum atomic E-state index is -0.259. The van der Waals surface area contributed by atoms with Crippen LogP contribution < -0.4 is 0 Å². The highest BCUT2D eigenvalue weighted by atomic mass is 35.5. The van der Waals surface area contributed by atoms with Gasteiger partial charge in [0.05, 0.1) is 5.92 Å². The Bertz CT molecular complexity index is 824. The molecular weight excluding hydrogens is 338 g/mol. The average molecular weight is 360 g/mol. The first-order chi connectivity index (χ1) is 11.9. The van der Waals surface area contributed by atoms with E-state index in [0.29, 0.717) is 23.0 Å². The number of aromatic nitrogens is 1. The minimum absolute atomic E-state index is 0.0274. The first-order valence-corrected chi connectivity index (χ1v) is 8.86. The fourth-order valence-electron chi connectivity index (χ4n) is 3.10. The van der Waals surface area contributed by atoms with Gasteiger partial charge in [-0.15, -0.1) is 0 Å². The van der Waals surface area contributed by atoms with E-state index in [1.54, 1.807) is 0 Å². The number of carbonyl (C=O) groups excluding carboxylic acids is 2. The smallest absolute Gasteiger partial charge is 0.309 e. The Hall–Kier alpha value is -2.07. The number of esters is 1. The minimum Gasteiger partial charge on any atom is -0.457 e. The van der Waals surface area contributed by atoms with E-state index >= 15 is 0 Å². The lowest BCUT2D eigenvalue weighted by molar-refractivity contribution is -0.144. The van der Waals surface area contributed by atoms with Gasteiger partial charge >= 0.3 is 5.97 Å². The maximum absolute atomic E-state index is 12.5. The number of halogens is 1. The number of carbonyl (C=O) groups is 2. The van der Waals surface area contributed by atoms with Crippen LogP contribution in [-0.4, -0.2) is 22.9 Å². The van der Waals surface area contributed by atoms with Crippen molar-refractivity contribution in [3.63, 3.8) is 0 Å². The summed E-state index contributed by atoms with van der Waals surface area (Å²) in [7, 11) is 0. The summed E-state index contributed by atoms with van der Waals surface area (Å²) in [5, 5.41) is 0.704. The van der Waals surface area contributed by atoms with E-state index in [1.165, 1.54) is 0 Å². The van der Waals surface area contributed by atoms with E-state index < -0.39 is 0 Å². The highest BCUT2D eigenvalue weighted by Crippen LogP contribution is 2.38. The Balaban J connectivity index is 1.71. The molecule has 0 N–H and O–H groups in total. The van der Waals surface area contributed by atoms with Gasteiger partial charge in [0.1, 0.15) is 0 Å². The summed E-state index contributed by atoms with van der Waals surface area (Å²) < 4.78 is 7.23. The average Bonchev–Trinajstić information content (AvgIpc) is 3.25. The molecule has 5 heteroatoms. The number of nitrogens with zero attached hydrogens (tertiary/aromatic N) is 1. The fourth-order valence-corrected chi connectivity index (χ4v) is 3.29. The summed E-state index contributed by atoms with van der Waals surface area (Å²) in [6.07, 6.45) is 0.860. The Labute approximate surface area is 152 Å². The molecule has 25 heavy (non-hydrogen) atoms. The van der Waals surface area contributed by atoms with Gasteiger partial charge in [-0.3, -0.25) is 9.59 Å². The van der Waals surface area contributed by atoms with Crippen molar-refractivity contribution in [2.24, 2.45) is 11.8 Å². The molecule has 2 atom stereocenters. The Morgan fingerprint density at radius 2 is 1.96 bits per heavy atom. The second-order valence-corrected chi connectivity index (χ2v) is 7.22. The van der Waals surface area contributed by atoms with Crippen LogP contribution >= 0.6 is 11.6 Å². The van der Waals surface area contributed by atoms with Crippen molar-refractivity contribution in [3.8, 4) is 0 Å². The molecule has 132 valence electrons. The second kappa shape index (κ2) is 7.04. The van der Waals surface area contributed by atoms with Crippen molar-refractivity contribution in [1.82, 2.24) is 4.57 Å². The van der Waals surface area contributed by atoms with Gasteiger partial charge in [-0.05, 0) is 43.9 Å². The molecule has 4 nitrogen and oxygen atoms in total. The third-order valence-electron chi connectivity index (χ3n) is 4.92. The molecule has 0 aliphatic heterocycles. The van der Waals surface area contributed by atoms with E-state index in [4.69, 9.17) is 16.3 Å². The van der Waals surface area contributed by atoms with Crippen LogP contribution in [0.15, 0.2) is 30.3 Å². The molecule has 0 saturated heterocycles. The SMILES string of the molecule is Cc1cc(C(=O)COC(=O)[C@H]2C[C@@H]2C)c(C)n1Cc1ccccc1Cl. The molecule has 1 fully saturated rings. The molecule has 0 radical (unpaired) electrons. The summed E-state index contributed by atoms with van der Waals surface area (Å²) in [5.74, 6) is -0.0744. The first-order valence-electron chi connectivity index (χ1n) is 8.48. The van der Waals surface area contributed by atoms with E-state index in [1.807, 2.05) is 51.1 Å². The van der Waals surface area contributed by atoms with Gasteiger partial charge in [-0.25, -0.2) is 0 Å². The monoisotopic (exact) mass is 359 g/mol. The molecular formula is C20H22ClNO3. The van der Waals surface area contributed by atoms with Gasteiger partial charge < -0.3 is 9.30 Å². The number of rotatable bonds is 6. The lowest BCUT2D eigenvalue weighted by Gasteiger charge is -2.11. The van der Waals surface area contributed by atoms with Gasteiger partial charge in [0, 0.05) is 28.5 Å². The number of hydrogen-bond donors (Lipinski definition) is 0. The van der Waals surface area contributed by atoms with Crippen LogP contribution in [0.4, 0.5) is 0 Å². The van der Waals surface area contributed by atoms with Crippen molar-refractivity contribution < 1.29 is 14.3 Å². The summed E-state index contributed by atoms with van der Waals surface area (Å²) in [6.45, 7) is 6.28. The molecule has 0 spiro atoms. The molecule has 3 rings (SSSR count). The number of ketones is 1. The number of aryl methyl sites for hydroxylation is 1. The van der Waals surface area contributed by atoms with Crippen molar-refractivity contribution in [3.05, 3.63) is 57.9 Å². The standard InChI is InChI=1S/C20H22ClNO3/c1-12-8-16(12)20(24)25-11-19(23)17-9-13(2)22(14(17)3)10-15-6-4-5-7-18(15)21/h4-7,9,12,16H,8,10-11H2,1-3H3/t12-,16-/m0/s1. The zero-order valence-corrected chi connectivity index (χ0v) is 15.5. The predicted molar refractivity (Wildman–Crippen MR) is 97.0 cm³/mol. The number of benzene rings is 1. The maximum atomic E-state index is 12.5. The Morgan fingerprint density at radius 1 is 1.28 bits per heavy atom. The van der Waals surface area contributed by atoms with E-state index in [0.717, 1.165) is 23.4 Å². The zero-order chi connectivity index (χ0) is 18.1. The Kier molecular flexibility index (Phi) is 5.00. The van der Waals surface area contributed by atoms with Crippen LogP contribution in [0, 0.1) is 25.7 Å². The van der Waals surface area contributed by atoms with Crippen molar-refractivity contribution in [1.29, 1.82) is 0 Å². The first kappa shape index (κ1) is 17.7. The molecule has 1 aromatic carbocycles. The van der Waals surface area contributed by atoms with Gasteiger partial charge in [-0.2, -0.15) is 0 Å². The topological polar surface area (TPSA) is 48.3 Å². The molecule has 0 unspecified atom stereocenters. The van der Waals surface area contributed by atoms with Crippen LogP contribution in [0.5, 0.6) is 0 Å². The molecule has 0 bridgehead atoms. The van der Waals surface area contributed by atoms with Crippen LogP contribution in [0.1, 0.15) is 40.7 Å². The molecule has 1 heterocycles. The largest absolute Gasteiger partial charge is 0.457 e. The highest BCUT2D eigenvalue weighted by Gasteiger charge is 2.40. The Morgan fingerprint density at radius 3 is 2.60 bits per heavy atom. The summed E-state index contributed by atoms with van der Waals surface area (Å²) >= 11 is 6.24. The molecule has 1 aliphatic rings. The van der Waals surface area contributed by atoms with Gasteiger partial charge in [-0.1, -0.05) is 36.7 Å². The van der Waals surface area contributed by atoms with Crippen LogP contribution in [0.25, 0.3) is 0 Å². The molecule has 0 amide bonds. The van der Waals surface area contributed by atoms with E-state index in [2.05, 4.69) is 4.57 Å². The number of ether oxygens (including phenoxy) is 1. The zero-order valence-electron chi connectivity index (χ0n) is 14.7. The quantitative estimate of drug-likeness (QED) is 0.574. The molecule has 1 saturated carbocycles. The lowest BCUT2D eigenvalue weighted by Crippen LogP contribution is -2.16. The number of Topliss-reactive ketones (excluding diaryl/α,β-unsaturated/α-hetero) is 1. The number of hydrogen-bond acceptors (Lipinski definition) is 3. The third-order valence-corrected chi connectivity index (χ3v) is 5.29. The van der Waals surface area contributed by atoms with Crippen molar-refractivity contribution in [2.75, 3.05) is 6.61 Å². The van der Waals surface area contributed by atoms with Crippen LogP contribution in [0.3, 0.4) is 0 Å². The second-order valence-electron chi connectivity index (χ2n) is 6.81. The normalized spacial score (nSPS) is 18.9. The summed E-state index contributed by atoms with van der Waals surface area (Å²) in [6, 6.07) is 9.52. The molecule has 1 aliphatic carbocycles. The highest BCUT2D eigenvalue weighted by molar-refractivity contribution is 6.31. The fraction of sp³-hybridized carbons (Fsp3) is 0.400. The van der Waals surface area contributed by atoms with Crippen LogP contribution in [-0.2, 0) is 16.1 Å². The summed E-state index contributed by atoms with van der Waals surface area (Å²) in [4.78, 5) is 24.3. The van der Waals surface area contributed by atoms with E-state index in [-0.39, 0.29) is 24.3 Å². The maximum Gasteiger partial charge on any atom is 0.309 e. The summed E-state index contributed by atoms with van der Waals surface area (Å²) in [5.41, 5.74) is 3.43. The van der Waals surface area contributed by atoms with Crippen molar-refractivity contribution in [2.45, 2.75) is 33.7 Å².